The first-order valence-electron chi connectivity index (χ1n) is 22.9. The Morgan fingerprint density at radius 1 is 0.152 bits per heavy atom. The Morgan fingerprint density at radius 3 is 1.09 bits per heavy atom. The lowest BCUT2D eigenvalue weighted by Crippen LogP contribution is -1.95. The number of rotatable bonds is 6. The van der Waals surface area contributed by atoms with Gasteiger partial charge in [0.25, 0.3) is 0 Å². The highest BCUT2D eigenvalue weighted by Crippen LogP contribution is 2.49. The first-order valence-corrected chi connectivity index (χ1v) is 22.9. The Kier molecular flexibility index (Phi) is 8.96. The van der Waals surface area contributed by atoms with Crippen LogP contribution in [-0.2, 0) is 0 Å². The molecule has 0 fully saturated rings. The third-order valence-corrected chi connectivity index (χ3v) is 13.8. The fourth-order valence-corrected chi connectivity index (χ4v) is 10.6. The van der Waals surface area contributed by atoms with Gasteiger partial charge in [0.05, 0.1) is 0 Å². The van der Waals surface area contributed by atoms with E-state index in [2.05, 4.69) is 255 Å². The molecule has 13 aromatic rings. The zero-order chi connectivity index (χ0) is 43.6. The summed E-state index contributed by atoms with van der Waals surface area (Å²) in [5, 5.41) is 14.8. The predicted molar refractivity (Wildman–Crippen MR) is 284 cm³/mol. The van der Waals surface area contributed by atoms with Crippen molar-refractivity contribution in [3.8, 4) is 66.8 Å². The molecule has 0 atom stereocenters. The van der Waals surface area contributed by atoms with E-state index >= 15 is 0 Å². The van der Waals surface area contributed by atoms with Gasteiger partial charge in [-0.15, -0.1) is 0 Å². The minimum absolute atomic E-state index is 1.19. The van der Waals surface area contributed by atoms with Crippen molar-refractivity contribution in [1.29, 1.82) is 0 Å². The summed E-state index contributed by atoms with van der Waals surface area (Å²) < 4.78 is 0. The number of hydrogen-bond acceptors (Lipinski definition) is 0. The fraction of sp³-hybridized carbons (Fsp3) is 0. The smallest absolute Gasteiger partial charge is 0.00199 e. The summed E-state index contributed by atoms with van der Waals surface area (Å²) in [5.41, 5.74) is 14.6. The van der Waals surface area contributed by atoms with Crippen molar-refractivity contribution in [2.75, 3.05) is 0 Å². The number of hydrogen-bond donors (Lipinski definition) is 0. The highest BCUT2D eigenvalue weighted by atomic mass is 14.3. The second kappa shape index (κ2) is 15.6. The summed E-state index contributed by atoms with van der Waals surface area (Å²) in [4.78, 5) is 0. The van der Waals surface area contributed by atoms with Gasteiger partial charge in [0.2, 0.25) is 0 Å². The van der Waals surface area contributed by atoms with Gasteiger partial charge in [-0.05, 0) is 168 Å². The van der Waals surface area contributed by atoms with Crippen molar-refractivity contribution < 1.29 is 0 Å². The maximum Gasteiger partial charge on any atom is -0.00199 e. The molecule has 13 rings (SSSR count). The van der Waals surface area contributed by atoms with Crippen molar-refractivity contribution in [2.24, 2.45) is 0 Å². The van der Waals surface area contributed by atoms with E-state index in [0.29, 0.717) is 0 Å². The van der Waals surface area contributed by atoms with Crippen LogP contribution in [0.1, 0.15) is 0 Å². The van der Waals surface area contributed by atoms with E-state index in [1.807, 2.05) is 0 Å². The van der Waals surface area contributed by atoms with Crippen molar-refractivity contribution >= 4 is 64.6 Å². The maximum atomic E-state index is 2.49. The standard InChI is InChI=1S/C66H42/c1-3-17-45(18-4-1)57-34-31-47-21-13-14-26-56(47)64(57)55-33-36-59-58-35-32-52(61-40-51-25-12-11-24-50(51)39-60(61)46-19-5-2-6-20-46)41-62(58)65(53-29-27-43-15-7-9-22-48(43)37-53)66(63(59)42-55)54-30-28-44-16-8-10-23-49(44)38-54/h1-42H. The lowest BCUT2D eigenvalue weighted by Gasteiger charge is -2.22. The minimum Gasteiger partial charge on any atom is -0.0622 e. The van der Waals surface area contributed by atoms with Crippen molar-refractivity contribution in [1.82, 2.24) is 0 Å². The second-order valence-corrected chi connectivity index (χ2v) is 17.6. The van der Waals surface area contributed by atoms with E-state index in [1.165, 1.54) is 131 Å². The fourth-order valence-electron chi connectivity index (χ4n) is 10.6. The van der Waals surface area contributed by atoms with Crippen LogP contribution in [0, 0.1) is 0 Å². The largest absolute Gasteiger partial charge is 0.0622 e. The third-order valence-electron chi connectivity index (χ3n) is 13.8. The molecule has 0 aromatic heterocycles. The quantitative estimate of drug-likeness (QED) is 0.146. The molecule has 0 N–H and O–H groups in total. The minimum atomic E-state index is 1.19. The van der Waals surface area contributed by atoms with Crippen LogP contribution in [0.15, 0.2) is 255 Å². The SMILES string of the molecule is c1ccc(-c2cc3ccccc3cc2-c2ccc3c(c2)c(-c2ccc4ccccc4c2)c(-c2ccc4ccccc4c2)c2cc(-c4c(-c5ccccc5)ccc5ccccc45)ccc23)cc1. The third kappa shape index (κ3) is 6.38. The summed E-state index contributed by atoms with van der Waals surface area (Å²) in [5.74, 6) is 0. The lowest BCUT2D eigenvalue weighted by molar-refractivity contribution is 1.61. The predicted octanol–water partition coefficient (Wildman–Crippen LogP) is 18.6. The monoisotopic (exact) mass is 834 g/mol. The van der Waals surface area contributed by atoms with Gasteiger partial charge >= 0.3 is 0 Å². The Hall–Kier alpha value is -8.58. The first-order chi connectivity index (χ1) is 32.7. The summed E-state index contributed by atoms with van der Waals surface area (Å²) in [6, 6.07) is 94.6. The summed E-state index contributed by atoms with van der Waals surface area (Å²) >= 11 is 0. The first kappa shape index (κ1) is 37.9. The maximum absolute atomic E-state index is 2.49. The molecule has 13 aromatic carbocycles. The van der Waals surface area contributed by atoms with E-state index in [9.17, 15) is 0 Å². The summed E-state index contributed by atoms with van der Waals surface area (Å²) in [6.45, 7) is 0. The Balaban J connectivity index is 1.18. The molecule has 66 heavy (non-hydrogen) atoms. The Bertz CT molecular complexity index is 4030. The van der Waals surface area contributed by atoms with Crippen LogP contribution >= 0.6 is 0 Å². The topological polar surface area (TPSA) is 0 Å². The van der Waals surface area contributed by atoms with Gasteiger partial charge < -0.3 is 0 Å². The molecule has 0 bridgehead atoms. The van der Waals surface area contributed by atoms with E-state index in [1.54, 1.807) is 0 Å². The van der Waals surface area contributed by atoms with Crippen LogP contribution in [0.5, 0.6) is 0 Å². The molecular formula is C66H42. The molecule has 0 aliphatic carbocycles. The molecule has 0 heterocycles. The second-order valence-electron chi connectivity index (χ2n) is 17.6. The van der Waals surface area contributed by atoms with Gasteiger partial charge in [-0.3, -0.25) is 0 Å². The molecule has 0 nitrogen and oxygen atoms in total. The Morgan fingerprint density at radius 2 is 0.530 bits per heavy atom. The van der Waals surface area contributed by atoms with Gasteiger partial charge in [-0.2, -0.15) is 0 Å². The molecular weight excluding hydrogens is 793 g/mol. The zero-order valence-electron chi connectivity index (χ0n) is 36.2. The molecule has 0 radical (unpaired) electrons. The molecule has 0 unspecified atom stereocenters. The molecule has 0 saturated heterocycles. The van der Waals surface area contributed by atoms with Gasteiger partial charge in [0, 0.05) is 0 Å². The van der Waals surface area contributed by atoms with Crippen LogP contribution in [-0.4, -0.2) is 0 Å². The molecule has 0 spiro atoms. The van der Waals surface area contributed by atoms with E-state index in [0.717, 1.165) is 0 Å². The van der Waals surface area contributed by atoms with Crippen molar-refractivity contribution in [3.05, 3.63) is 255 Å². The molecule has 0 saturated carbocycles. The summed E-state index contributed by atoms with van der Waals surface area (Å²) in [7, 11) is 0. The molecule has 0 aliphatic rings. The average Bonchev–Trinajstić information content (AvgIpc) is 3.39. The van der Waals surface area contributed by atoms with Gasteiger partial charge in [0.1, 0.15) is 0 Å². The molecule has 0 amide bonds. The van der Waals surface area contributed by atoms with Crippen LogP contribution < -0.4 is 0 Å². The van der Waals surface area contributed by atoms with E-state index in [-0.39, 0.29) is 0 Å². The lowest BCUT2D eigenvalue weighted by atomic mass is 9.81. The van der Waals surface area contributed by atoms with Crippen molar-refractivity contribution in [2.45, 2.75) is 0 Å². The number of benzene rings is 13. The zero-order valence-corrected chi connectivity index (χ0v) is 36.2. The molecule has 0 heteroatoms. The highest BCUT2D eigenvalue weighted by molar-refractivity contribution is 6.24. The highest BCUT2D eigenvalue weighted by Gasteiger charge is 2.22. The van der Waals surface area contributed by atoms with Gasteiger partial charge in [-0.25, -0.2) is 0 Å². The molecule has 306 valence electrons. The van der Waals surface area contributed by atoms with Gasteiger partial charge in [0.15, 0.2) is 0 Å². The number of fused-ring (bicyclic) bond motifs is 7. The average molecular weight is 835 g/mol. The Labute approximate surface area is 384 Å². The van der Waals surface area contributed by atoms with E-state index < -0.39 is 0 Å². The normalized spacial score (nSPS) is 11.6. The van der Waals surface area contributed by atoms with Crippen LogP contribution in [0.25, 0.3) is 131 Å². The van der Waals surface area contributed by atoms with Crippen LogP contribution in [0.2, 0.25) is 0 Å². The summed E-state index contributed by atoms with van der Waals surface area (Å²) in [6.07, 6.45) is 0. The molecule has 0 aliphatic heterocycles. The van der Waals surface area contributed by atoms with Gasteiger partial charge in [-0.1, -0.05) is 218 Å². The van der Waals surface area contributed by atoms with Crippen molar-refractivity contribution in [3.63, 3.8) is 0 Å². The van der Waals surface area contributed by atoms with Crippen LogP contribution in [0.3, 0.4) is 0 Å². The van der Waals surface area contributed by atoms with E-state index in [4.69, 9.17) is 0 Å². The van der Waals surface area contributed by atoms with Crippen LogP contribution in [0.4, 0.5) is 0 Å².